The Morgan fingerprint density at radius 1 is 1.19 bits per heavy atom. The van der Waals surface area contributed by atoms with Crippen molar-refractivity contribution in [3.05, 3.63) is 54.5 Å². The third kappa shape index (κ3) is 4.35. The van der Waals surface area contributed by atoms with E-state index < -0.39 is 10.0 Å². The zero-order valence-electron chi connectivity index (χ0n) is 13.7. The van der Waals surface area contributed by atoms with Crippen molar-refractivity contribution in [2.75, 3.05) is 13.1 Å². The molecule has 0 bridgehead atoms. The summed E-state index contributed by atoms with van der Waals surface area (Å²) in [6, 6.07) is 10.9. The summed E-state index contributed by atoms with van der Waals surface area (Å²) >= 11 is 0. The molecule has 0 saturated heterocycles. The molecule has 0 radical (unpaired) electrons. The highest BCUT2D eigenvalue weighted by molar-refractivity contribution is 7.89. The van der Waals surface area contributed by atoms with Crippen LogP contribution in [0.3, 0.4) is 0 Å². The third-order valence-corrected chi connectivity index (χ3v) is 4.78. The van der Waals surface area contributed by atoms with E-state index in [1.807, 2.05) is 30.3 Å². The van der Waals surface area contributed by atoms with Gasteiger partial charge < -0.3 is 14.8 Å². The van der Waals surface area contributed by atoms with Crippen molar-refractivity contribution < 1.29 is 17.7 Å². The van der Waals surface area contributed by atoms with Gasteiger partial charge in [0.05, 0.1) is 0 Å². The minimum absolute atomic E-state index is 0.141. The van der Waals surface area contributed by atoms with E-state index in [0.29, 0.717) is 12.2 Å². The summed E-state index contributed by atoms with van der Waals surface area (Å²) in [4.78, 5) is 18.3. The first-order valence-electron chi connectivity index (χ1n) is 7.85. The van der Waals surface area contributed by atoms with Gasteiger partial charge in [0.1, 0.15) is 0 Å². The average molecular weight is 375 g/mol. The summed E-state index contributed by atoms with van der Waals surface area (Å²) in [5.41, 5.74) is 0.992. The first-order valence-corrected chi connectivity index (χ1v) is 9.34. The van der Waals surface area contributed by atoms with E-state index in [1.165, 1.54) is 12.4 Å². The molecule has 1 amide bonds. The number of nitrogens with zero attached hydrogens (tertiary/aromatic N) is 2. The maximum absolute atomic E-state index is 12.0. The Morgan fingerprint density at radius 2 is 2.00 bits per heavy atom. The van der Waals surface area contributed by atoms with Gasteiger partial charge in [0, 0.05) is 37.1 Å². The van der Waals surface area contributed by atoms with Crippen LogP contribution >= 0.6 is 0 Å². The Bertz CT molecular complexity index is 952. The predicted molar refractivity (Wildman–Crippen MR) is 92.7 cm³/mol. The fourth-order valence-electron chi connectivity index (χ4n) is 2.17. The molecule has 10 heteroatoms. The number of hydrogen-bond acceptors (Lipinski definition) is 6. The van der Waals surface area contributed by atoms with Crippen molar-refractivity contribution in [3.8, 4) is 11.3 Å². The van der Waals surface area contributed by atoms with Crippen molar-refractivity contribution >= 4 is 15.9 Å². The van der Waals surface area contributed by atoms with Crippen LogP contribution in [-0.4, -0.2) is 42.5 Å². The molecule has 1 aromatic carbocycles. The van der Waals surface area contributed by atoms with Crippen LogP contribution in [0.5, 0.6) is 0 Å². The monoisotopic (exact) mass is 375 g/mol. The van der Waals surface area contributed by atoms with Gasteiger partial charge in [0.25, 0.3) is 15.9 Å². The third-order valence-electron chi connectivity index (χ3n) is 3.46. The maximum atomic E-state index is 12.0. The zero-order chi connectivity index (χ0) is 18.4. The van der Waals surface area contributed by atoms with E-state index in [0.717, 1.165) is 5.56 Å². The summed E-state index contributed by atoms with van der Waals surface area (Å²) in [5.74, 6) is 0.117. The lowest BCUT2D eigenvalue weighted by atomic mass is 10.1. The van der Waals surface area contributed by atoms with Gasteiger partial charge in [-0.3, -0.25) is 4.79 Å². The van der Waals surface area contributed by atoms with E-state index in [9.17, 15) is 13.2 Å². The molecule has 0 aliphatic rings. The van der Waals surface area contributed by atoms with E-state index >= 15 is 0 Å². The number of carbonyl (C=O) groups excluding carboxylic acids is 1. The molecule has 0 spiro atoms. The number of hydrogen-bond donors (Lipinski definition) is 3. The van der Waals surface area contributed by atoms with Crippen molar-refractivity contribution in [1.29, 1.82) is 0 Å². The Labute approximate surface area is 149 Å². The van der Waals surface area contributed by atoms with Crippen molar-refractivity contribution in [1.82, 2.24) is 25.2 Å². The number of aromatic amines is 1. The van der Waals surface area contributed by atoms with Crippen LogP contribution < -0.4 is 10.0 Å². The molecule has 0 fully saturated rings. The van der Waals surface area contributed by atoms with Gasteiger partial charge in [-0.15, -0.1) is 0 Å². The lowest BCUT2D eigenvalue weighted by molar-refractivity contribution is 0.0944. The SMILES string of the molecule is O=C(NCCCNS(=O)(=O)c1ncc[nH]1)c1cc(-c2ccccc2)on1. The quantitative estimate of drug-likeness (QED) is 0.507. The Balaban J connectivity index is 1.44. The zero-order valence-corrected chi connectivity index (χ0v) is 14.5. The number of H-pyrrole nitrogens is 1. The molecule has 9 nitrogen and oxygen atoms in total. The molecular weight excluding hydrogens is 358 g/mol. The second-order valence-corrected chi connectivity index (χ2v) is 7.03. The highest BCUT2D eigenvalue weighted by atomic mass is 32.2. The van der Waals surface area contributed by atoms with Crippen LogP contribution in [0.25, 0.3) is 11.3 Å². The normalized spacial score (nSPS) is 11.4. The van der Waals surface area contributed by atoms with Gasteiger partial charge in [-0.05, 0) is 6.42 Å². The molecule has 0 saturated carbocycles. The van der Waals surface area contributed by atoms with Crippen LogP contribution in [0, 0.1) is 0 Å². The molecule has 0 unspecified atom stereocenters. The lowest BCUT2D eigenvalue weighted by Crippen LogP contribution is -2.30. The van der Waals surface area contributed by atoms with Gasteiger partial charge in [-0.2, -0.15) is 0 Å². The molecule has 0 aliphatic heterocycles. The highest BCUT2D eigenvalue weighted by Crippen LogP contribution is 2.19. The van der Waals surface area contributed by atoms with E-state index in [1.54, 1.807) is 6.07 Å². The van der Waals surface area contributed by atoms with Crippen LogP contribution in [0.1, 0.15) is 16.9 Å². The summed E-state index contributed by atoms with van der Waals surface area (Å²) in [7, 11) is -3.65. The van der Waals surface area contributed by atoms with Crippen molar-refractivity contribution in [2.45, 2.75) is 11.6 Å². The van der Waals surface area contributed by atoms with Crippen LogP contribution in [0.15, 0.2) is 58.5 Å². The van der Waals surface area contributed by atoms with Gasteiger partial charge in [0.15, 0.2) is 11.5 Å². The van der Waals surface area contributed by atoms with Crippen LogP contribution in [-0.2, 0) is 10.0 Å². The fraction of sp³-hybridized carbons (Fsp3) is 0.188. The lowest BCUT2D eigenvalue weighted by Gasteiger charge is -2.05. The van der Waals surface area contributed by atoms with E-state index in [-0.39, 0.29) is 29.8 Å². The molecule has 26 heavy (non-hydrogen) atoms. The molecule has 3 rings (SSSR count). The van der Waals surface area contributed by atoms with E-state index in [2.05, 4.69) is 25.2 Å². The summed E-state index contributed by atoms with van der Waals surface area (Å²) in [5, 5.41) is 6.28. The number of rotatable bonds is 8. The standard InChI is InChI=1S/C16H17N5O4S/c22-15(13-11-14(25-21-13)12-5-2-1-3-6-12)17-7-4-8-20-26(23,24)16-18-9-10-19-16/h1-3,5-6,9-11,20H,4,7-8H2,(H,17,22)(H,18,19). The Kier molecular flexibility index (Phi) is 5.44. The number of nitrogens with one attached hydrogen (secondary N) is 3. The number of carbonyl (C=O) groups is 1. The van der Waals surface area contributed by atoms with Crippen molar-refractivity contribution in [2.24, 2.45) is 0 Å². The second-order valence-electron chi connectivity index (χ2n) is 5.34. The first-order chi connectivity index (χ1) is 12.6. The van der Waals surface area contributed by atoms with Crippen molar-refractivity contribution in [3.63, 3.8) is 0 Å². The predicted octanol–water partition coefficient (Wildman–Crippen LogP) is 1.16. The number of aromatic nitrogens is 3. The summed E-state index contributed by atoms with van der Waals surface area (Å²) < 4.78 is 31.2. The molecule has 136 valence electrons. The molecule has 0 atom stereocenters. The average Bonchev–Trinajstić information content (AvgIpc) is 3.34. The largest absolute Gasteiger partial charge is 0.355 e. The maximum Gasteiger partial charge on any atom is 0.274 e. The molecule has 3 N–H and O–H groups in total. The van der Waals surface area contributed by atoms with Crippen LogP contribution in [0.2, 0.25) is 0 Å². The number of imidazole rings is 1. The summed E-state index contributed by atoms with van der Waals surface area (Å²) in [6.07, 6.45) is 3.20. The number of sulfonamides is 1. The minimum Gasteiger partial charge on any atom is -0.355 e. The molecular formula is C16H17N5O4S. The van der Waals surface area contributed by atoms with E-state index in [4.69, 9.17) is 4.52 Å². The molecule has 2 heterocycles. The van der Waals surface area contributed by atoms with Gasteiger partial charge in [-0.1, -0.05) is 35.5 Å². The molecule has 3 aromatic rings. The van der Waals surface area contributed by atoms with Crippen LogP contribution in [0.4, 0.5) is 0 Å². The van der Waals surface area contributed by atoms with Gasteiger partial charge >= 0.3 is 0 Å². The Hall–Kier alpha value is -2.98. The fourth-order valence-corrected chi connectivity index (χ4v) is 3.15. The topological polar surface area (TPSA) is 130 Å². The minimum atomic E-state index is -3.65. The molecule has 2 aromatic heterocycles. The molecule has 0 aliphatic carbocycles. The van der Waals surface area contributed by atoms with Gasteiger partial charge in [-0.25, -0.2) is 18.1 Å². The second kappa shape index (κ2) is 7.93. The first kappa shape index (κ1) is 17.8. The Morgan fingerprint density at radius 3 is 2.73 bits per heavy atom. The number of benzene rings is 1. The smallest absolute Gasteiger partial charge is 0.274 e. The number of amides is 1. The highest BCUT2D eigenvalue weighted by Gasteiger charge is 2.16. The van der Waals surface area contributed by atoms with Gasteiger partial charge in [0.2, 0.25) is 5.16 Å². The summed E-state index contributed by atoms with van der Waals surface area (Å²) in [6.45, 7) is 0.449.